The molecule has 2 N–H and O–H groups in total. The molecule has 42 heavy (non-hydrogen) atoms. The number of piperidine rings is 1. The molecule has 0 unspecified atom stereocenters. The summed E-state index contributed by atoms with van der Waals surface area (Å²) in [7, 11) is 1.51. The lowest BCUT2D eigenvalue weighted by atomic mass is 10.0. The number of aryl methyl sites for hydroxylation is 1. The highest BCUT2D eigenvalue weighted by molar-refractivity contribution is 5.95. The molecule has 0 radical (unpaired) electrons. The van der Waals surface area contributed by atoms with Gasteiger partial charge in [-0.25, -0.2) is 29.3 Å². The normalized spacial score (nSPS) is 16.9. The van der Waals surface area contributed by atoms with Gasteiger partial charge >= 0.3 is 0 Å². The van der Waals surface area contributed by atoms with Gasteiger partial charge in [0.05, 0.1) is 42.9 Å². The zero-order valence-corrected chi connectivity index (χ0v) is 24.3. The minimum Gasteiger partial charge on any atom is -0.479 e. The van der Waals surface area contributed by atoms with Gasteiger partial charge < -0.3 is 24.8 Å². The van der Waals surface area contributed by atoms with Crippen LogP contribution in [0.2, 0.25) is 0 Å². The molecule has 2 aliphatic rings. The van der Waals surface area contributed by atoms with Crippen LogP contribution in [0.4, 0.5) is 21.8 Å². The molecule has 0 atom stereocenters. The summed E-state index contributed by atoms with van der Waals surface area (Å²) in [5.74, 6) is 1.18. The van der Waals surface area contributed by atoms with Gasteiger partial charge in [-0.05, 0) is 64.9 Å². The van der Waals surface area contributed by atoms with Crippen LogP contribution < -0.4 is 20.3 Å². The number of hydrogen-bond donors (Lipinski definition) is 2. The molecule has 0 aromatic carbocycles. The van der Waals surface area contributed by atoms with E-state index in [-0.39, 0.29) is 23.6 Å². The van der Waals surface area contributed by atoms with Crippen LogP contribution in [0, 0.1) is 12.7 Å². The van der Waals surface area contributed by atoms with Gasteiger partial charge in [-0.1, -0.05) is 0 Å². The third kappa shape index (κ3) is 5.37. The number of nitrogens with zero attached hydrogens (tertiary/aromatic N) is 8. The second-order valence-corrected chi connectivity index (χ2v) is 10.9. The SMILES string of the molecule is COc1nc(-c2nc(Nc3ccc(N4CCN(C5CCNCC5)CC4=O)cn3)ncc2F)cc2c1nc(C)n2C(C)C. The lowest BCUT2D eigenvalue weighted by Gasteiger charge is -2.40. The van der Waals surface area contributed by atoms with E-state index >= 15 is 4.39 Å². The van der Waals surface area contributed by atoms with E-state index in [1.54, 1.807) is 23.2 Å². The summed E-state index contributed by atoms with van der Waals surface area (Å²) in [5.41, 5.74) is 2.44. The number of amides is 1. The predicted molar refractivity (Wildman–Crippen MR) is 158 cm³/mol. The minimum atomic E-state index is -0.618. The van der Waals surface area contributed by atoms with Crippen molar-refractivity contribution < 1.29 is 13.9 Å². The summed E-state index contributed by atoms with van der Waals surface area (Å²) in [6, 6.07) is 5.95. The molecular weight excluding hydrogens is 539 g/mol. The van der Waals surface area contributed by atoms with Crippen LogP contribution in [-0.2, 0) is 4.79 Å². The number of ether oxygens (including phenoxy) is 1. The van der Waals surface area contributed by atoms with Crippen LogP contribution >= 0.6 is 0 Å². The number of methoxy groups -OCH3 is 1. The Bertz CT molecular complexity index is 1600. The molecule has 0 spiro atoms. The Morgan fingerprint density at radius 1 is 1.10 bits per heavy atom. The summed E-state index contributed by atoms with van der Waals surface area (Å²) in [4.78, 5) is 39.1. The molecule has 2 fully saturated rings. The van der Waals surface area contributed by atoms with Crippen molar-refractivity contribution in [2.24, 2.45) is 0 Å². The van der Waals surface area contributed by atoms with Crippen molar-refractivity contribution >= 4 is 34.4 Å². The van der Waals surface area contributed by atoms with Gasteiger partial charge in [-0.3, -0.25) is 9.69 Å². The van der Waals surface area contributed by atoms with Crippen molar-refractivity contribution in [3.8, 4) is 17.3 Å². The fourth-order valence-electron chi connectivity index (χ4n) is 5.89. The van der Waals surface area contributed by atoms with E-state index in [4.69, 9.17) is 4.74 Å². The third-order valence-electron chi connectivity index (χ3n) is 7.89. The Kier molecular flexibility index (Phi) is 7.69. The van der Waals surface area contributed by atoms with E-state index in [9.17, 15) is 4.79 Å². The van der Waals surface area contributed by atoms with Gasteiger partial charge in [0.2, 0.25) is 17.7 Å². The first-order chi connectivity index (χ1) is 20.3. The van der Waals surface area contributed by atoms with Crippen molar-refractivity contribution in [3.63, 3.8) is 0 Å². The van der Waals surface area contributed by atoms with Crippen LogP contribution in [-0.4, -0.2) is 86.2 Å². The molecule has 12 nitrogen and oxygen atoms in total. The van der Waals surface area contributed by atoms with E-state index in [1.807, 2.05) is 17.6 Å². The summed E-state index contributed by atoms with van der Waals surface area (Å²) in [6.07, 6.45) is 4.90. The first-order valence-electron chi connectivity index (χ1n) is 14.3. The Labute approximate surface area is 243 Å². The third-order valence-corrected chi connectivity index (χ3v) is 7.89. The number of carbonyl (C=O) groups excluding carboxylic acids is 1. The lowest BCUT2D eigenvalue weighted by Crippen LogP contribution is -2.55. The second kappa shape index (κ2) is 11.6. The molecule has 6 heterocycles. The fourth-order valence-corrected chi connectivity index (χ4v) is 5.89. The maximum atomic E-state index is 15.0. The number of piperazine rings is 1. The van der Waals surface area contributed by atoms with Crippen LogP contribution in [0.15, 0.2) is 30.6 Å². The zero-order chi connectivity index (χ0) is 29.4. The zero-order valence-electron chi connectivity index (χ0n) is 24.3. The molecule has 0 aliphatic carbocycles. The Morgan fingerprint density at radius 2 is 1.90 bits per heavy atom. The quantitative estimate of drug-likeness (QED) is 0.339. The number of nitrogens with one attached hydrogen (secondary N) is 2. The number of pyridine rings is 2. The average molecular weight is 575 g/mol. The molecule has 1 amide bonds. The van der Waals surface area contributed by atoms with Crippen LogP contribution in [0.3, 0.4) is 0 Å². The van der Waals surface area contributed by atoms with Gasteiger partial charge in [0.15, 0.2) is 11.3 Å². The molecule has 4 aromatic rings. The summed E-state index contributed by atoms with van der Waals surface area (Å²) in [5, 5.41) is 6.42. The molecule has 4 aromatic heterocycles. The fraction of sp³-hybridized carbons (Fsp3) is 0.448. The smallest absolute Gasteiger partial charge is 0.242 e. The highest BCUT2D eigenvalue weighted by Crippen LogP contribution is 2.32. The standard InChI is InChI=1S/C29H35FN10O2/c1-17(2)40-18(3)34-27-23(40)13-22(35-28(27)42-4)26-21(30)15-33-29(37-26)36-24-6-5-20(14-32-24)39-12-11-38(16-25(39)41)19-7-9-31-10-8-19/h5-6,13-15,17,19,31H,7-12,16H2,1-4H3,(H,32,33,36,37). The minimum absolute atomic E-state index is 0.0238. The topological polar surface area (TPSA) is 126 Å². The van der Waals surface area contributed by atoms with E-state index in [0.717, 1.165) is 55.7 Å². The average Bonchev–Trinajstić information content (AvgIpc) is 3.34. The Hall–Kier alpha value is -4.23. The molecular formula is C29H35FN10O2. The maximum absolute atomic E-state index is 15.0. The van der Waals surface area contributed by atoms with Crippen molar-refractivity contribution in [2.45, 2.75) is 45.7 Å². The van der Waals surface area contributed by atoms with Crippen molar-refractivity contribution in [1.29, 1.82) is 0 Å². The number of anilines is 3. The second-order valence-electron chi connectivity index (χ2n) is 10.9. The highest BCUT2D eigenvalue weighted by Gasteiger charge is 2.30. The van der Waals surface area contributed by atoms with Crippen molar-refractivity contribution in [3.05, 3.63) is 42.2 Å². The Balaban J connectivity index is 1.20. The molecule has 6 rings (SSSR count). The number of halogens is 1. The summed E-state index contributed by atoms with van der Waals surface area (Å²) in [6.45, 7) is 9.90. The molecule has 2 saturated heterocycles. The van der Waals surface area contributed by atoms with E-state index in [2.05, 4.69) is 54.3 Å². The number of carbonyl (C=O) groups is 1. The van der Waals surface area contributed by atoms with Gasteiger partial charge in [0.1, 0.15) is 17.3 Å². The van der Waals surface area contributed by atoms with Crippen LogP contribution in [0.5, 0.6) is 5.88 Å². The monoisotopic (exact) mass is 574 g/mol. The highest BCUT2D eigenvalue weighted by atomic mass is 19.1. The Morgan fingerprint density at radius 3 is 2.60 bits per heavy atom. The van der Waals surface area contributed by atoms with Gasteiger partial charge in [-0.15, -0.1) is 0 Å². The number of rotatable bonds is 7. The van der Waals surface area contributed by atoms with Crippen molar-refractivity contribution in [2.75, 3.05) is 50.1 Å². The number of hydrogen-bond acceptors (Lipinski definition) is 10. The molecule has 0 saturated carbocycles. The van der Waals surface area contributed by atoms with Crippen LogP contribution in [0.1, 0.15) is 38.6 Å². The van der Waals surface area contributed by atoms with E-state index < -0.39 is 5.82 Å². The lowest BCUT2D eigenvalue weighted by molar-refractivity contribution is -0.122. The van der Waals surface area contributed by atoms with Gasteiger partial charge in [0, 0.05) is 25.2 Å². The van der Waals surface area contributed by atoms with E-state index in [0.29, 0.717) is 42.0 Å². The first-order valence-corrected chi connectivity index (χ1v) is 14.3. The number of aromatic nitrogens is 6. The van der Waals surface area contributed by atoms with Crippen LogP contribution in [0.25, 0.3) is 22.4 Å². The van der Waals surface area contributed by atoms with Gasteiger partial charge in [0.25, 0.3) is 0 Å². The first kappa shape index (κ1) is 27.9. The molecule has 2 aliphatic heterocycles. The van der Waals surface area contributed by atoms with Gasteiger partial charge in [-0.2, -0.15) is 0 Å². The molecule has 0 bridgehead atoms. The maximum Gasteiger partial charge on any atom is 0.242 e. The molecule has 13 heteroatoms. The summed E-state index contributed by atoms with van der Waals surface area (Å²) >= 11 is 0. The number of fused-ring (bicyclic) bond motifs is 1. The summed E-state index contributed by atoms with van der Waals surface area (Å²) < 4.78 is 22.6. The number of imidazole rings is 1. The van der Waals surface area contributed by atoms with E-state index in [1.165, 1.54) is 7.11 Å². The largest absolute Gasteiger partial charge is 0.479 e. The van der Waals surface area contributed by atoms with Crippen molar-refractivity contribution in [1.82, 2.24) is 39.7 Å². The predicted octanol–water partition coefficient (Wildman–Crippen LogP) is 3.46. The molecule has 220 valence electrons.